The lowest BCUT2D eigenvalue weighted by Gasteiger charge is -2.26. The molecule has 1 N–H and O–H groups in total. The number of amides is 1. The Kier molecular flexibility index (Phi) is 6.26. The molecule has 158 valence electrons. The molecule has 1 heterocycles. The maximum Gasteiger partial charge on any atom is 0.460 e. The van der Waals surface area contributed by atoms with Crippen LogP contribution in [-0.4, -0.2) is 36.5 Å². The second-order valence-corrected chi connectivity index (χ2v) is 6.42. The molecule has 0 atom stereocenters. The standard InChI is InChI=1S/C17H12F7NO3S/c1-2-28-13(26)11-10(9-6-4-3-5-7-9)8-29-12(11)25-14(27)15(18,19)16(20,21)17(22,23)24/h3-8H,2H2,1H3,(H,25,27). The van der Waals surface area contributed by atoms with Crippen molar-refractivity contribution < 1.29 is 45.1 Å². The number of hydrogen-bond donors (Lipinski definition) is 1. The van der Waals surface area contributed by atoms with E-state index in [4.69, 9.17) is 4.74 Å². The second kappa shape index (κ2) is 8.01. The number of esters is 1. The number of carbonyl (C=O) groups is 2. The Hall–Kier alpha value is -2.63. The minimum absolute atomic E-state index is 0.121. The Labute approximate surface area is 163 Å². The number of halogens is 7. The van der Waals surface area contributed by atoms with Gasteiger partial charge in [0, 0.05) is 10.9 Å². The minimum atomic E-state index is -6.66. The molecule has 0 saturated carbocycles. The van der Waals surface area contributed by atoms with E-state index >= 15 is 0 Å². The first-order chi connectivity index (χ1) is 13.3. The molecule has 0 aliphatic heterocycles. The fourth-order valence-electron chi connectivity index (χ4n) is 2.19. The van der Waals surface area contributed by atoms with Crippen molar-refractivity contribution in [3.05, 3.63) is 41.3 Å². The van der Waals surface area contributed by atoms with Gasteiger partial charge in [-0.2, -0.15) is 30.7 Å². The van der Waals surface area contributed by atoms with E-state index in [-0.39, 0.29) is 12.2 Å². The van der Waals surface area contributed by atoms with Crippen LogP contribution in [0, 0.1) is 0 Å². The van der Waals surface area contributed by atoms with E-state index in [0.717, 1.165) is 0 Å². The lowest BCUT2D eigenvalue weighted by molar-refractivity contribution is -0.343. The molecule has 4 nitrogen and oxygen atoms in total. The zero-order valence-corrected chi connectivity index (χ0v) is 15.3. The first-order valence-electron chi connectivity index (χ1n) is 7.82. The zero-order valence-electron chi connectivity index (χ0n) is 14.4. The van der Waals surface area contributed by atoms with Gasteiger partial charge in [0.2, 0.25) is 0 Å². The summed E-state index contributed by atoms with van der Waals surface area (Å²) in [6.45, 7) is 1.29. The second-order valence-electron chi connectivity index (χ2n) is 5.54. The Bertz CT molecular complexity index is 894. The molecule has 1 aromatic carbocycles. The molecule has 0 spiro atoms. The van der Waals surface area contributed by atoms with Crippen LogP contribution in [0.3, 0.4) is 0 Å². The van der Waals surface area contributed by atoms with E-state index in [2.05, 4.69) is 0 Å². The van der Waals surface area contributed by atoms with Crippen molar-refractivity contribution in [3.8, 4) is 11.1 Å². The molecule has 0 aliphatic rings. The van der Waals surface area contributed by atoms with Crippen LogP contribution < -0.4 is 5.32 Å². The fourth-order valence-corrected chi connectivity index (χ4v) is 3.14. The molecule has 1 aromatic heterocycles. The van der Waals surface area contributed by atoms with E-state index in [9.17, 15) is 40.3 Å². The largest absolute Gasteiger partial charge is 0.462 e. The number of ether oxygens (including phenoxy) is 1. The van der Waals surface area contributed by atoms with Gasteiger partial charge in [0.1, 0.15) is 10.6 Å². The number of carbonyl (C=O) groups excluding carboxylic acids is 2. The normalized spacial score (nSPS) is 12.6. The van der Waals surface area contributed by atoms with Crippen LogP contribution in [0.15, 0.2) is 35.7 Å². The highest BCUT2D eigenvalue weighted by Crippen LogP contribution is 2.47. The van der Waals surface area contributed by atoms with E-state index in [1.807, 2.05) is 0 Å². The number of thiophene rings is 1. The predicted octanol–water partition coefficient (Wildman–Crippen LogP) is 5.36. The van der Waals surface area contributed by atoms with Crippen molar-refractivity contribution in [3.63, 3.8) is 0 Å². The maximum atomic E-state index is 13.6. The molecule has 29 heavy (non-hydrogen) atoms. The third-order valence-electron chi connectivity index (χ3n) is 3.62. The summed E-state index contributed by atoms with van der Waals surface area (Å²) in [6.07, 6.45) is -6.66. The van der Waals surface area contributed by atoms with Gasteiger partial charge in [-0.25, -0.2) is 4.79 Å². The summed E-state index contributed by atoms with van der Waals surface area (Å²) in [5.74, 6) is -16.7. The topological polar surface area (TPSA) is 55.4 Å². The van der Waals surface area contributed by atoms with Crippen molar-refractivity contribution in [1.29, 1.82) is 0 Å². The predicted molar refractivity (Wildman–Crippen MR) is 90.3 cm³/mol. The van der Waals surface area contributed by atoms with E-state index in [1.165, 1.54) is 29.8 Å². The summed E-state index contributed by atoms with van der Waals surface area (Å²) in [4.78, 5) is 23.8. The molecule has 0 fully saturated rings. The smallest absolute Gasteiger partial charge is 0.460 e. The van der Waals surface area contributed by atoms with Gasteiger partial charge in [-0.05, 0) is 12.5 Å². The van der Waals surface area contributed by atoms with Crippen LogP contribution >= 0.6 is 11.3 Å². The van der Waals surface area contributed by atoms with Crippen LogP contribution in [0.1, 0.15) is 17.3 Å². The molecule has 2 rings (SSSR count). The summed E-state index contributed by atoms with van der Waals surface area (Å²) in [5, 5.41) is 1.91. The summed E-state index contributed by atoms with van der Waals surface area (Å²) in [6, 6.07) is 7.87. The Morgan fingerprint density at radius 3 is 2.14 bits per heavy atom. The first kappa shape index (κ1) is 22.7. The van der Waals surface area contributed by atoms with Crippen molar-refractivity contribution in [2.75, 3.05) is 11.9 Å². The molecule has 0 aliphatic carbocycles. The van der Waals surface area contributed by atoms with Gasteiger partial charge >= 0.3 is 29.9 Å². The van der Waals surface area contributed by atoms with Gasteiger partial charge in [-0.15, -0.1) is 11.3 Å². The first-order valence-corrected chi connectivity index (χ1v) is 8.70. The zero-order chi connectivity index (χ0) is 22.0. The summed E-state index contributed by atoms with van der Waals surface area (Å²) >= 11 is 0.495. The highest BCUT2D eigenvalue weighted by molar-refractivity contribution is 7.15. The van der Waals surface area contributed by atoms with E-state index in [0.29, 0.717) is 16.9 Å². The van der Waals surface area contributed by atoms with Crippen molar-refractivity contribution >= 4 is 28.2 Å². The monoisotopic (exact) mass is 443 g/mol. The van der Waals surface area contributed by atoms with Crippen molar-refractivity contribution in [2.24, 2.45) is 0 Å². The Balaban J connectivity index is 2.46. The van der Waals surface area contributed by atoms with Gasteiger partial charge in [0.25, 0.3) is 0 Å². The summed E-state index contributed by atoms with van der Waals surface area (Å²) < 4.78 is 95.0. The lowest BCUT2D eigenvalue weighted by atomic mass is 10.0. The number of hydrogen-bond acceptors (Lipinski definition) is 4. The lowest BCUT2D eigenvalue weighted by Crippen LogP contribution is -2.57. The molecule has 12 heteroatoms. The van der Waals surface area contributed by atoms with E-state index < -0.39 is 40.5 Å². The number of alkyl halides is 7. The third kappa shape index (κ3) is 4.21. The summed E-state index contributed by atoms with van der Waals surface area (Å²) in [7, 11) is 0. The summed E-state index contributed by atoms with van der Waals surface area (Å²) in [5.41, 5.74) is 0.0810. The van der Waals surface area contributed by atoms with Gasteiger partial charge in [-0.3, -0.25) is 4.79 Å². The van der Waals surface area contributed by atoms with Crippen molar-refractivity contribution in [1.82, 2.24) is 0 Å². The number of anilines is 1. The maximum absolute atomic E-state index is 13.6. The van der Waals surface area contributed by atoms with Gasteiger partial charge < -0.3 is 10.1 Å². The average molecular weight is 443 g/mol. The number of benzene rings is 1. The van der Waals surface area contributed by atoms with Gasteiger partial charge in [-0.1, -0.05) is 30.3 Å². The molecule has 2 aromatic rings. The highest BCUT2D eigenvalue weighted by Gasteiger charge is 2.76. The van der Waals surface area contributed by atoms with E-state index in [1.54, 1.807) is 18.2 Å². The quantitative estimate of drug-likeness (QED) is 0.483. The molecule has 0 unspecified atom stereocenters. The number of nitrogens with one attached hydrogen (secondary N) is 1. The number of rotatable bonds is 6. The van der Waals surface area contributed by atoms with Crippen LogP contribution in [0.5, 0.6) is 0 Å². The average Bonchev–Trinajstić information content (AvgIpc) is 3.05. The van der Waals surface area contributed by atoms with Gasteiger partial charge in [0.15, 0.2) is 0 Å². The Morgan fingerprint density at radius 1 is 1.03 bits per heavy atom. The Morgan fingerprint density at radius 2 is 1.62 bits per heavy atom. The molecule has 0 bridgehead atoms. The minimum Gasteiger partial charge on any atom is -0.462 e. The van der Waals surface area contributed by atoms with Crippen molar-refractivity contribution in [2.45, 2.75) is 24.9 Å². The molecule has 1 amide bonds. The third-order valence-corrected chi connectivity index (χ3v) is 4.51. The molecular weight excluding hydrogens is 431 g/mol. The SMILES string of the molecule is CCOC(=O)c1c(-c2ccccc2)csc1NC(=O)C(F)(F)C(F)(F)C(F)(F)F. The van der Waals surface area contributed by atoms with Crippen LogP contribution in [0.2, 0.25) is 0 Å². The molecule has 0 radical (unpaired) electrons. The van der Waals surface area contributed by atoms with Crippen LogP contribution in [0.25, 0.3) is 11.1 Å². The van der Waals surface area contributed by atoms with Crippen LogP contribution in [0.4, 0.5) is 35.7 Å². The highest BCUT2D eigenvalue weighted by atomic mass is 32.1. The fraction of sp³-hybridized carbons (Fsp3) is 0.294. The van der Waals surface area contributed by atoms with Crippen LogP contribution in [-0.2, 0) is 9.53 Å². The molecular formula is C17H12F7NO3S. The molecule has 0 saturated heterocycles. The van der Waals surface area contributed by atoms with Gasteiger partial charge in [0.05, 0.1) is 6.61 Å².